The van der Waals surface area contributed by atoms with E-state index in [2.05, 4.69) is 15.3 Å². The molecule has 0 aliphatic heterocycles. The normalized spacial score (nSPS) is 13.8. The first-order valence-electron chi connectivity index (χ1n) is 10.0. The lowest BCUT2D eigenvalue weighted by molar-refractivity contribution is -0.115. The number of thiophene rings is 1. The van der Waals surface area contributed by atoms with Crippen molar-refractivity contribution in [1.82, 2.24) is 14.4 Å². The molecule has 1 amide bonds. The molecule has 1 N–H and O–H groups in total. The Morgan fingerprint density at radius 3 is 2.94 bits per heavy atom. The highest BCUT2D eigenvalue weighted by Gasteiger charge is 2.29. The Hall–Kier alpha value is -2.72. The molecule has 3 aromatic rings. The smallest absolute Gasteiger partial charge is 0.355 e. The first-order valence-corrected chi connectivity index (χ1v) is 11.7. The number of amides is 1. The predicted octanol–water partition coefficient (Wildman–Crippen LogP) is 3.24. The van der Waals surface area contributed by atoms with Crippen molar-refractivity contribution < 1.29 is 14.3 Å². The SMILES string of the molecule is CCOC(=O)c1c(NC(=O)[C@H](C)Sc2nc(=O)n3ccc(C)cc3n2)sc2c1CCC2. The average molecular weight is 459 g/mol. The van der Waals surface area contributed by atoms with Crippen LogP contribution in [-0.2, 0) is 22.4 Å². The van der Waals surface area contributed by atoms with E-state index < -0.39 is 16.9 Å². The standard InChI is InChI=1S/C21H22N4O4S2/c1-4-29-19(27)16-13-6-5-7-14(13)31-18(16)23-17(26)12(3)30-20-22-15-10-11(2)8-9-25(15)21(28)24-20/h8-10,12H,4-7H2,1-3H3,(H,23,26)/t12-/m0/s1. The third kappa shape index (κ3) is 4.35. The number of fused-ring (bicyclic) bond motifs is 2. The van der Waals surface area contributed by atoms with E-state index in [-0.39, 0.29) is 17.7 Å². The molecule has 0 radical (unpaired) electrons. The highest BCUT2D eigenvalue weighted by atomic mass is 32.2. The molecule has 162 valence electrons. The van der Waals surface area contributed by atoms with Crippen LogP contribution in [0.3, 0.4) is 0 Å². The zero-order valence-electron chi connectivity index (χ0n) is 17.4. The van der Waals surface area contributed by atoms with Crippen LogP contribution in [0.25, 0.3) is 5.65 Å². The Kier molecular flexibility index (Phi) is 6.10. The summed E-state index contributed by atoms with van der Waals surface area (Å²) in [5, 5.41) is 3.07. The second kappa shape index (κ2) is 8.80. The van der Waals surface area contributed by atoms with E-state index >= 15 is 0 Å². The number of ether oxygens (including phenoxy) is 1. The fourth-order valence-corrected chi connectivity index (χ4v) is 5.53. The zero-order chi connectivity index (χ0) is 22.1. The lowest BCUT2D eigenvalue weighted by Crippen LogP contribution is -2.25. The number of rotatable bonds is 6. The summed E-state index contributed by atoms with van der Waals surface area (Å²) in [7, 11) is 0. The highest BCUT2D eigenvalue weighted by Crippen LogP contribution is 2.39. The number of nitrogens with one attached hydrogen (secondary N) is 1. The van der Waals surface area contributed by atoms with E-state index in [9.17, 15) is 14.4 Å². The molecule has 0 fully saturated rings. The van der Waals surface area contributed by atoms with E-state index in [0.717, 1.165) is 47.0 Å². The summed E-state index contributed by atoms with van der Waals surface area (Å²) in [6, 6.07) is 3.59. The van der Waals surface area contributed by atoms with Crippen LogP contribution < -0.4 is 11.0 Å². The largest absolute Gasteiger partial charge is 0.462 e. The number of pyridine rings is 1. The Labute approximate surface area is 187 Å². The Bertz CT molecular complexity index is 1230. The first kappa shape index (κ1) is 21.5. The molecule has 0 aromatic carbocycles. The Morgan fingerprint density at radius 1 is 1.35 bits per heavy atom. The van der Waals surface area contributed by atoms with Crippen molar-refractivity contribution in [2.75, 3.05) is 11.9 Å². The van der Waals surface area contributed by atoms with Crippen LogP contribution in [0.2, 0.25) is 0 Å². The molecule has 1 aliphatic carbocycles. The van der Waals surface area contributed by atoms with Crippen LogP contribution in [0.5, 0.6) is 0 Å². The number of anilines is 1. The van der Waals surface area contributed by atoms with Crippen molar-refractivity contribution in [2.45, 2.75) is 50.4 Å². The van der Waals surface area contributed by atoms with E-state index in [1.165, 1.54) is 15.7 Å². The van der Waals surface area contributed by atoms with Gasteiger partial charge >= 0.3 is 11.7 Å². The molecule has 0 bridgehead atoms. The molecule has 3 aromatic heterocycles. The summed E-state index contributed by atoms with van der Waals surface area (Å²) < 4.78 is 6.57. The maximum Gasteiger partial charge on any atom is 0.355 e. The van der Waals surface area contributed by atoms with Crippen molar-refractivity contribution in [2.24, 2.45) is 0 Å². The van der Waals surface area contributed by atoms with Crippen LogP contribution in [0, 0.1) is 6.92 Å². The summed E-state index contributed by atoms with van der Waals surface area (Å²) in [6.45, 7) is 5.66. The lowest BCUT2D eigenvalue weighted by atomic mass is 10.1. The second-order valence-corrected chi connectivity index (χ2v) is 9.67. The molecule has 8 nitrogen and oxygen atoms in total. The number of aromatic nitrogens is 3. The number of carbonyl (C=O) groups excluding carboxylic acids is 2. The number of thioether (sulfide) groups is 1. The van der Waals surface area contributed by atoms with Gasteiger partial charge in [-0.15, -0.1) is 11.3 Å². The molecule has 31 heavy (non-hydrogen) atoms. The number of aryl methyl sites for hydroxylation is 2. The number of carbonyl (C=O) groups is 2. The lowest BCUT2D eigenvalue weighted by Gasteiger charge is -2.12. The van der Waals surface area contributed by atoms with Gasteiger partial charge in [0, 0.05) is 11.1 Å². The van der Waals surface area contributed by atoms with Crippen molar-refractivity contribution >= 4 is 45.6 Å². The van der Waals surface area contributed by atoms with Crippen molar-refractivity contribution in [1.29, 1.82) is 0 Å². The fraction of sp³-hybridized carbons (Fsp3) is 0.381. The topological polar surface area (TPSA) is 103 Å². The summed E-state index contributed by atoms with van der Waals surface area (Å²) >= 11 is 2.54. The monoisotopic (exact) mass is 458 g/mol. The minimum absolute atomic E-state index is 0.234. The van der Waals surface area contributed by atoms with Gasteiger partial charge < -0.3 is 10.1 Å². The Morgan fingerprint density at radius 2 is 2.16 bits per heavy atom. The van der Waals surface area contributed by atoms with E-state index in [4.69, 9.17) is 4.74 Å². The van der Waals surface area contributed by atoms with E-state index in [1.54, 1.807) is 32.2 Å². The zero-order valence-corrected chi connectivity index (χ0v) is 19.1. The summed E-state index contributed by atoms with van der Waals surface area (Å²) in [4.78, 5) is 47.1. The number of hydrogen-bond donors (Lipinski definition) is 1. The molecule has 4 rings (SSSR count). The van der Waals surface area contributed by atoms with Gasteiger partial charge in [0.05, 0.1) is 17.4 Å². The van der Waals surface area contributed by atoms with Crippen LogP contribution in [-0.4, -0.2) is 38.1 Å². The van der Waals surface area contributed by atoms with E-state index in [0.29, 0.717) is 16.2 Å². The molecule has 1 atom stereocenters. The molecule has 1 aliphatic rings. The van der Waals surface area contributed by atoms with Crippen molar-refractivity contribution in [3.63, 3.8) is 0 Å². The minimum atomic E-state index is -0.571. The average Bonchev–Trinajstić information content (AvgIpc) is 3.28. The van der Waals surface area contributed by atoms with Gasteiger partial charge in [0.1, 0.15) is 10.6 Å². The number of nitrogens with zero attached hydrogens (tertiary/aromatic N) is 3. The quantitative estimate of drug-likeness (QED) is 0.447. The van der Waals surface area contributed by atoms with Crippen molar-refractivity contribution in [3.05, 3.63) is 50.4 Å². The molecule has 3 heterocycles. The van der Waals surface area contributed by atoms with Crippen molar-refractivity contribution in [3.8, 4) is 0 Å². The maximum absolute atomic E-state index is 12.9. The molecule has 10 heteroatoms. The molecular weight excluding hydrogens is 436 g/mol. The first-order chi connectivity index (χ1) is 14.9. The molecule has 0 saturated heterocycles. The third-order valence-electron chi connectivity index (χ3n) is 4.99. The highest BCUT2D eigenvalue weighted by molar-refractivity contribution is 8.00. The van der Waals surface area contributed by atoms with Gasteiger partial charge in [-0.2, -0.15) is 4.98 Å². The molecule has 0 unspecified atom stereocenters. The summed E-state index contributed by atoms with van der Waals surface area (Å²) in [6.07, 6.45) is 4.35. The fourth-order valence-electron chi connectivity index (χ4n) is 3.49. The summed E-state index contributed by atoms with van der Waals surface area (Å²) in [5.74, 6) is -0.692. The Balaban J connectivity index is 1.54. The predicted molar refractivity (Wildman–Crippen MR) is 120 cm³/mol. The van der Waals surface area contributed by atoms with Gasteiger partial charge in [-0.1, -0.05) is 11.8 Å². The molecule has 0 spiro atoms. The molecule has 0 saturated carbocycles. The van der Waals surface area contributed by atoms with Crippen LogP contribution in [0.15, 0.2) is 28.3 Å². The maximum atomic E-state index is 12.9. The summed E-state index contributed by atoms with van der Waals surface area (Å²) in [5.41, 5.74) is 2.46. The van der Waals surface area contributed by atoms with Crippen LogP contribution >= 0.6 is 23.1 Å². The number of hydrogen-bond acceptors (Lipinski definition) is 8. The van der Waals surface area contributed by atoms with Gasteiger partial charge in [-0.25, -0.2) is 14.6 Å². The van der Waals surface area contributed by atoms with Crippen LogP contribution in [0.4, 0.5) is 5.00 Å². The minimum Gasteiger partial charge on any atom is -0.462 e. The van der Waals surface area contributed by atoms with Gasteiger partial charge in [-0.05, 0) is 63.3 Å². The van der Waals surface area contributed by atoms with E-state index in [1.807, 2.05) is 6.92 Å². The van der Waals surface area contributed by atoms with Gasteiger partial charge in [0.15, 0.2) is 5.16 Å². The second-order valence-electron chi connectivity index (χ2n) is 7.25. The molecular formula is C21H22N4O4S2. The van der Waals surface area contributed by atoms with Gasteiger partial charge in [0.2, 0.25) is 5.91 Å². The third-order valence-corrected chi connectivity index (χ3v) is 7.15. The van der Waals surface area contributed by atoms with Gasteiger partial charge in [0.25, 0.3) is 0 Å². The van der Waals surface area contributed by atoms with Gasteiger partial charge in [-0.3, -0.25) is 9.20 Å². The van der Waals surface area contributed by atoms with Crippen LogP contribution in [0.1, 0.15) is 46.6 Å². The number of esters is 1.